The van der Waals surface area contributed by atoms with E-state index in [4.69, 9.17) is 4.74 Å². The SMILES string of the molecule is CN(C)CC(=O)N1CCNC(=O)c2cccc(c2)Cc2cc(-c3ccncc3)ccc2OCC1. The van der Waals surface area contributed by atoms with Gasteiger partial charge in [0.2, 0.25) is 5.91 Å². The zero-order valence-electron chi connectivity index (χ0n) is 19.7. The van der Waals surface area contributed by atoms with E-state index < -0.39 is 0 Å². The van der Waals surface area contributed by atoms with Gasteiger partial charge in [-0.3, -0.25) is 14.6 Å². The molecule has 0 aliphatic carbocycles. The van der Waals surface area contributed by atoms with Crippen LogP contribution in [0.15, 0.2) is 67.0 Å². The van der Waals surface area contributed by atoms with E-state index in [2.05, 4.69) is 16.4 Å². The lowest BCUT2D eigenvalue weighted by Gasteiger charge is -2.25. The van der Waals surface area contributed by atoms with Crippen LogP contribution in [0.25, 0.3) is 11.1 Å². The first-order valence-electron chi connectivity index (χ1n) is 11.5. The fourth-order valence-electron chi connectivity index (χ4n) is 4.03. The van der Waals surface area contributed by atoms with Gasteiger partial charge in [0.05, 0.1) is 13.1 Å². The molecule has 0 unspecified atom stereocenters. The van der Waals surface area contributed by atoms with Crippen LogP contribution in [0.4, 0.5) is 0 Å². The number of pyridine rings is 1. The molecule has 7 nitrogen and oxygen atoms in total. The van der Waals surface area contributed by atoms with Gasteiger partial charge in [0.25, 0.3) is 5.91 Å². The number of nitrogens with zero attached hydrogens (tertiary/aromatic N) is 3. The Balaban J connectivity index is 1.66. The van der Waals surface area contributed by atoms with Gasteiger partial charge in [-0.1, -0.05) is 18.2 Å². The smallest absolute Gasteiger partial charge is 0.251 e. The van der Waals surface area contributed by atoms with Gasteiger partial charge in [0, 0.05) is 37.5 Å². The first-order valence-corrected chi connectivity index (χ1v) is 11.5. The van der Waals surface area contributed by atoms with Crippen molar-refractivity contribution < 1.29 is 14.3 Å². The molecule has 2 amide bonds. The summed E-state index contributed by atoms with van der Waals surface area (Å²) in [5, 5.41) is 2.94. The third-order valence-electron chi connectivity index (χ3n) is 5.75. The van der Waals surface area contributed by atoms with Gasteiger partial charge in [-0.15, -0.1) is 0 Å². The lowest BCUT2D eigenvalue weighted by molar-refractivity contribution is -0.132. The second kappa shape index (κ2) is 10.9. The summed E-state index contributed by atoms with van der Waals surface area (Å²) in [4.78, 5) is 33.2. The number of carbonyl (C=O) groups is 2. The zero-order valence-corrected chi connectivity index (χ0v) is 19.7. The summed E-state index contributed by atoms with van der Waals surface area (Å²) in [5.74, 6) is 0.649. The summed E-state index contributed by atoms with van der Waals surface area (Å²) in [6, 6.07) is 17.7. The van der Waals surface area contributed by atoms with Gasteiger partial charge >= 0.3 is 0 Å². The summed E-state index contributed by atoms with van der Waals surface area (Å²) in [5.41, 5.74) is 4.81. The van der Waals surface area contributed by atoms with Gasteiger partial charge < -0.3 is 19.9 Å². The van der Waals surface area contributed by atoms with Crippen LogP contribution in [0.5, 0.6) is 5.75 Å². The van der Waals surface area contributed by atoms with Crippen molar-refractivity contribution in [3.05, 3.63) is 83.7 Å². The molecule has 0 radical (unpaired) electrons. The first kappa shape index (κ1) is 23.4. The highest BCUT2D eigenvalue weighted by Crippen LogP contribution is 2.29. The van der Waals surface area contributed by atoms with Crippen LogP contribution in [0, 0.1) is 0 Å². The normalized spacial score (nSPS) is 14.6. The number of hydrogen-bond acceptors (Lipinski definition) is 5. The Hall–Kier alpha value is -3.71. The maximum atomic E-state index is 12.7. The van der Waals surface area contributed by atoms with Gasteiger partial charge in [-0.2, -0.15) is 0 Å². The number of aromatic nitrogens is 1. The molecule has 7 heteroatoms. The van der Waals surface area contributed by atoms with Gasteiger partial charge in [0.1, 0.15) is 12.4 Å². The molecule has 4 rings (SSSR count). The van der Waals surface area contributed by atoms with Crippen molar-refractivity contribution in [3.8, 4) is 16.9 Å². The number of ether oxygens (including phenoxy) is 1. The van der Waals surface area contributed by atoms with E-state index in [-0.39, 0.29) is 11.8 Å². The second-order valence-corrected chi connectivity index (χ2v) is 8.66. The molecule has 2 aromatic carbocycles. The van der Waals surface area contributed by atoms with Crippen molar-refractivity contribution in [1.29, 1.82) is 0 Å². The third-order valence-corrected chi connectivity index (χ3v) is 5.75. The number of carbonyl (C=O) groups excluding carboxylic acids is 2. The highest BCUT2D eigenvalue weighted by Gasteiger charge is 2.17. The molecule has 0 saturated carbocycles. The summed E-state index contributed by atoms with van der Waals surface area (Å²) >= 11 is 0. The van der Waals surface area contributed by atoms with Crippen LogP contribution in [0.1, 0.15) is 21.5 Å². The standard InChI is InChI=1S/C27H30N4O3/c1-30(2)19-26(32)31-13-12-29-27(33)23-5-3-4-20(16-23)17-24-18-22(21-8-10-28-11-9-21)6-7-25(24)34-15-14-31/h3-11,16,18H,12-15,17,19H2,1-2H3,(H,29,33). The maximum Gasteiger partial charge on any atom is 0.251 e. The number of hydrogen-bond donors (Lipinski definition) is 1. The summed E-state index contributed by atoms with van der Waals surface area (Å²) in [6.45, 7) is 1.93. The number of amides is 2. The van der Waals surface area contributed by atoms with E-state index in [9.17, 15) is 9.59 Å². The number of rotatable bonds is 3. The lowest BCUT2D eigenvalue weighted by Crippen LogP contribution is -2.44. The third kappa shape index (κ3) is 5.99. The monoisotopic (exact) mass is 458 g/mol. The quantitative estimate of drug-likeness (QED) is 0.653. The predicted octanol–water partition coefficient (Wildman–Crippen LogP) is 2.85. The molecular weight excluding hydrogens is 428 g/mol. The van der Waals surface area contributed by atoms with Crippen LogP contribution >= 0.6 is 0 Å². The van der Waals surface area contributed by atoms with Crippen molar-refractivity contribution in [2.24, 2.45) is 0 Å². The van der Waals surface area contributed by atoms with E-state index in [1.165, 1.54) is 0 Å². The number of benzene rings is 2. The average Bonchev–Trinajstić information content (AvgIpc) is 2.83. The molecule has 1 aromatic heterocycles. The average molecular weight is 459 g/mol. The molecule has 1 N–H and O–H groups in total. The Morgan fingerprint density at radius 3 is 2.65 bits per heavy atom. The summed E-state index contributed by atoms with van der Waals surface area (Å²) in [6.07, 6.45) is 4.18. The van der Waals surface area contributed by atoms with E-state index in [0.29, 0.717) is 44.8 Å². The summed E-state index contributed by atoms with van der Waals surface area (Å²) < 4.78 is 6.19. The van der Waals surface area contributed by atoms with Crippen LogP contribution < -0.4 is 10.1 Å². The topological polar surface area (TPSA) is 74.8 Å². The minimum Gasteiger partial charge on any atom is -0.491 e. The van der Waals surface area contributed by atoms with Crippen LogP contribution in [0.3, 0.4) is 0 Å². The van der Waals surface area contributed by atoms with Crippen LogP contribution in [0.2, 0.25) is 0 Å². The van der Waals surface area contributed by atoms with Crippen molar-refractivity contribution in [1.82, 2.24) is 20.1 Å². The first-order chi connectivity index (χ1) is 16.5. The second-order valence-electron chi connectivity index (χ2n) is 8.66. The molecule has 34 heavy (non-hydrogen) atoms. The number of nitrogens with one attached hydrogen (secondary N) is 1. The van der Waals surface area contributed by atoms with Crippen molar-refractivity contribution >= 4 is 11.8 Å². The molecule has 1 aliphatic heterocycles. The Morgan fingerprint density at radius 1 is 1.03 bits per heavy atom. The molecule has 3 aromatic rings. The molecule has 0 atom stereocenters. The van der Waals surface area contributed by atoms with Crippen molar-refractivity contribution in [2.75, 3.05) is 46.9 Å². The fourth-order valence-corrected chi connectivity index (χ4v) is 4.03. The molecule has 176 valence electrons. The molecule has 2 heterocycles. The largest absolute Gasteiger partial charge is 0.491 e. The van der Waals surface area contributed by atoms with Crippen LogP contribution in [-0.4, -0.2) is 73.5 Å². The Bertz CT molecular complexity index is 1150. The Labute approximate surface area is 200 Å². The molecule has 0 fully saturated rings. The zero-order chi connectivity index (χ0) is 23.9. The molecule has 1 aliphatic rings. The molecule has 0 saturated heterocycles. The van der Waals surface area contributed by atoms with Crippen molar-refractivity contribution in [2.45, 2.75) is 6.42 Å². The molecular formula is C27H30N4O3. The minimum absolute atomic E-state index is 0.00481. The Kier molecular flexibility index (Phi) is 7.54. The van der Waals surface area contributed by atoms with Crippen LogP contribution in [-0.2, 0) is 11.2 Å². The van der Waals surface area contributed by atoms with Crippen molar-refractivity contribution in [3.63, 3.8) is 0 Å². The van der Waals surface area contributed by atoms with E-state index in [1.807, 2.05) is 67.5 Å². The predicted molar refractivity (Wildman–Crippen MR) is 132 cm³/mol. The lowest BCUT2D eigenvalue weighted by atomic mass is 9.97. The van der Waals surface area contributed by atoms with E-state index in [1.54, 1.807) is 17.3 Å². The van der Waals surface area contributed by atoms with Gasteiger partial charge in [-0.05, 0) is 72.7 Å². The highest BCUT2D eigenvalue weighted by molar-refractivity contribution is 5.94. The Morgan fingerprint density at radius 2 is 1.85 bits per heavy atom. The number of likely N-dealkylation sites (N-methyl/N-ethyl adjacent to an activating group) is 1. The molecule has 0 spiro atoms. The fraction of sp³-hybridized carbons (Fsp3) is 0.296. The van der Waals surface area contributed by atoms with Gasteiger partial charge in [-0.25, -0.2) is 0 Å². The number of fused-ring (bicyclic) bond motifs is 3. The maximum absolute atomic E-state index is 12.7. The summed E-state index contributed by atoms with van der Waals surface area (Å²) in [7, 11) is 3.73. The van der Waals surface area contributed by atoms with Gasteiger partial charge in [0.15, 0.2) is 0 Å². The minimum atomic E-state index is -0.138. The highest BCUT2D eigenvalue weighted by atomic mass is 16.5. The molecule has 2 bridgehead atoms. The van der Waals surface area contributed by atoms with E-state index in [0.717, 1.165) is 28.0 Å². The van der Waals surface area contributed by atoms with E-state index >= 15 is 0 Å².